The van der Waals surface area contributed by atoms with Crippen LogP contribution in [0.5, 0.6) is 5.88 Å². The summed E-state index contributed by atoms with van der Waals surface area (Å²) in [4.78, 5) is 14.6. The van der Waals surface area contributed by atoms with E-state index in [9.17, 15) is 18.0 Å². The number of carboxylic acids is 1. The van der Waals surface area contributed by atoms with Crippen LogP contribution in [-0.2, 0) is 18.0 Å². The minimum absolute atomic E-state index is 0.143. The van der Waals surface area contributed by atoms with E-state index in [1.165, 1.54) is 22.9 Å². The van der Waals surface area contributed by atoms with Crippen molar-refractivity contribution in [2.75, 3.05) is 0 Å². The number of hydrogen-bond donors (Lipinski definition) is 2. The molecule has 2 N–H and O–H groups in total. The molecule has 29 heavy (non-hydrogen) atoms. The van der Waals surface area contributed by atoms with E-state index in [1.807, 2.05) is 0 Å². The molecule has 8 nitrogen and oxygen atoms in total. The van der Waals surface area contributed by atoms with Crippen molar-refractivity contribution >= 4 is 12.0 Å². The van der Waals surface area contributed by atoms with Gasteiger partial charge in [0, 0.05) is 37.1 Å². The molecule has 0 fully saturated rings. The van der Waals surface area contributed by atoms with E-state index < -0.39 is 23.8 Å². The third kappa shape index (κ3) is 4.62. The van der Waals surface area contributed by atoms with Gasteiger partial charge in [-0.25, -0.2) is 4.79 Å². The largest absolute Gasteiger partial charge is 0.478 e. The topological polar surface area (TPSA) is 106 Å². The molecule has 0 aliphatic heterocycles. The van der Waals surface area contributed by atoms with Crippen molar-refractivity contribution < 1.29 is 27.8 Å². The van der Waals surface area contributed by atoms with Crippen LogP contribution in [0.15, 0.2) is 36.7 Å². The normalized spacial score (nSPS) is 13.0. The molecule has 0 bridgehead atoms. The number of aromatic nitrogens is 5. The molecule has 0 saturated heterocycles. The molecule has 1 atom stereocenters. The Bertz CT molecular complexity index is 1040. The van der Waals surface area contributed by atoms with Crippen LogP contribution in [0.4, 0.5) is 13.2 Å². The van der Waals surface area contributed by atoms with E-state index in [1.54, 1.807) is 20.2 Å². The summed E-state index contributed by atoms with van der Waals surface area (Å²) in [5.74, 6) is -0.973. The second-order valence-corrected chi connectivity index (χ2v) is 6.10. The SMILES string of the molecule is Cc1n[nH]cc1C(Oc1cc(C=CC(=O)O)n(C)n1)c1ccc(C(F)(F)F)cn1. The van der Waals surface area contributed by atoms with Gasteiger partial charge in [-0.3, -0.25) is 14.8 Å². The molecule has 0 radical (unpaired) electrons. The van der Waals surface area contributed by atoms with Crippen LogP contribution >= 0.6 is 0 Å². The maximum Gasteiger partial charge on any atom is 0.417 e. The van der Waals surface area contributed by atoms with Crippen LogP contribution in [0.25, 0.3) is 6.08 Å². The first-order chi connectivity index (χ1) is 13.6. The summed E-state index contributed by atoms with van der Waals surface area (Å²) >= 11 is 0. The number of aromatic amines is 1. The predicted octanol–water partition coefficient (Wildman–Crippen LogP) is 3.13. The summed E-state index contributed by atoms with van der Waals surface area (Å²) in [6.07, 6.45) is -0.775. The number of alkyl halides is 3. The number of carboxylic acid groups (broad SMARTS) is 1. The number of rotatable bonds is 6. The number of ether oxygens (including phenoxy) is 1. The van der Waals surface area contributed by atoms with Gasteiger partial charge in [-0.05, 0) is 25.1 Å². The fraction of sp³-hybridized carbons (Fsp3) is 0.222. The maximum atomic E-state index is 12.8. The molecule has 11 heteroatoms. The second-order valence-electron chi connectivity index (χ2n) is 6.10. The lowest BCUT2D eigenvalue weighted by Crippen LogP contribution is -2.14. The van der Waals surface area contributed by atoms with Gasteiger partial charge in [0.05, 0.1) is 22.6 Å². The molecule has 3 heterocycles. The van der Waals surface area contributed by atoms with Crippen LogP contribution in [0.2, 0.25) is 0 Å². The molecule has 0 aliphatic carbocycles. The molecule has 1 unspecified atom stereocenters. The van der Waals surface area contributed by atoms with Crippen LogP contribution in [0.1, 0.15) is 34.3 Å². The fourth-order valence-electron chi connectivity index (χ4n) is 2.59. The third-order valence-electron chi connectivity index (χ3n) is 4.06. The quantitative estimate of drug-likeness (QED) is 0.608. The molecule has 0 saturated carbocycles. The highest BCUT2D eigenvalue weighted by molar-refractivity contribution is 5.84. The Morgan fingerprint density at radius 3 is 2.69 bits per heavy atom. The summed E-state index contributed by atoms with van der Waals surface area (Å²) in [7, 11) is 1.60. The number of aliphatic carboxylic acids is 1. The Morgan fingerprint density at radius 2 is 2.14 bits per heavy atom. The highest BCUT2D eigenvalue weighted by atomic mass is 19.4. The Hall–Kier alpha value is -3.63. The van der Waals surface area contributed by atoms with E-state index in [-0.39, 0.29) is 11.6 Å². The molecule has 0 aromatic carbocycles. The van der Waals surface area contributed by atoms with Crippen LogP contribution in [0, 0.1) is 6.92 Å². The molecule has 0 aliphatic rings. The lowest BCUT2D eigenvalue weighted by atomic mass is 10.1. The van der Waals surface area contributed by atoms with Crippen molar-refractivity contribution in [3.8, 4) is 5.88 Å². The molecule has 3 rings (SSSR count). The van der Waals surface area contributed by atoms with Gasteiger partial charge >= 0.3 is 12.1 Å². The maximum absolute atomic E-state index is 12.8. The lowest BCUT2D eigenvalue weighted by molar-refractivity contribution is -0.138. The Kier molecular flexibility index (Phi) is 5.39. The molecule has 3 aromatic heterocycles. The summed E-state index contributed by atoms with van der Waals surface area (Å²) in [6.45, 7) is 1.71. The Balaban J connectivity index is 1.95. The molecule has 0 spiro atoms. The van der Waals surface area contributed by atoms with Crippen LogP contribution in [0.3, 0.4) is 0 Å². The highest BCUT2D eigenvalue weighted by Crippen LogP contribution is 2.32. The molecular formula is C18H16F3N5O3. The Morgan fingerprint density at radius 1 is 1.38 bits per heavy atom. The average Bonchev–Trinajstić information content (AvgIpc) is 3.22. The van der Waals surface area contributed by atoms with E-state index in [0.29, 0.717) is 17.0 Å². The minimum Gasteiger partial charge on any atom is -0.478 e. The first-order valence-corrected chi connectivity index (χ1v) is 8.30. The number of H-pyrrole nitrogens is 1. The second kappa shape index (κ2) is 7.78. The Labute approximate surface area is 162 Å². The average molecular weight is 407 g/mol. The van der Waals surface area contributed by atoms with Gasteiger partial charge in [0.2, 0.25) is 5.88 Å². The monoisotopic (exact) mass is 407 g/mol. The van der Waals surface area contributed by atoms with Crippen LogP contribution in [-0.4, -0.2) is 36.0 Å². The van der Waals surface area contributed by atoms with Crippen molar-refractivity contribution in [3.63, 3.8) is 0 Å². The van der Waals surface area contributed by atoms with Crippen molar-refractivity contribution in [3.05, 3.63) is 64.9 Å². The first-order valence-electron chi connectivity index (χ1n) is 8.30. The lowest BCUT2D eigenvalue weighted by Gasteiger charge is -2.17. The summed E-state index contributed by atoms with van der Waals surface area (Å²) < 4.78 is 45.8. The van der Waals surface area contributed by atoms with E-state index in [0.717, 1.165) is 18.3 Å². The number of nitrogens with zero attached hydrogens (tertiary/aromatic N) is 4. The fourth-order valence-corrected chi connectivity index (χ4v) is 2.59. The van der Waals surface area contributed by atoms with Gasteiger partial charge in [-0.1, -0.05) is 0 Å². The van der Waals surface area contributed by atoms with Crippen molar-refractivity contribution in [2.24, 2.45) is 7.05 Å². The zero-order chi connectivity index (χ0) is 21.2. The van der Waals surface area contributed by atoms with E-state index in [2.05, 4.69) is 20.3 Å². The number of carbonyl (C=O) groups is 1. The van der Waals surface area contributed by atoms with Gasteiger partial charge in [0.15, 0.2) is 6.10 Å². The van der Waals surface area contributed by atoms with E-state index in [4.69, 9.17) is 9.84 Å². The predicted molar refractivity (Wildman–Crippen MR) is 94.9 cm³/mol. The zero-order valence-electron chi connectivity index (χ0n) is 15.3. The van der Waals surface area contributed by atoms with Crippen molar-refractivity contribution in [1.29, 1.82) is 0 Å². The van der Waals surface area contributed by atoms with Gasteiger partial charge in [-0.2, -0.15) is 18.3 Å². The number of aryl methyl sites for hydroxylation is 2. The summed E-state index contributed by atoms with van der Waals surface area (Å²) in [5.41, 5.74) is 0.980. The number of nitrogens with one attached hydrogen (secondary N) is 1. The van der Waals surface area contributed by atoms with Gasteiger partial charge in [-0.15, -0.1) is 5.10 Å². The van der Waals surface area contributed by atoms with Crippen molar-refractivity contribution in [2.45, 2.75) is 19.2 Å². The summed E-state index contributed by atoms with van der Waals surface area (Å²) in [6, 6.07) is 3.66. The van der Waals surface area contributed by atoms with Crippen molar-refractivity contribution in [1.82, 2.24) is 25.0 Å². The standard InChI is InChI=1S/C18H16F3N5O3/c1-10-13(9-23-24-10)17(14-5-3-11(8-22-14)18(19,20)21)29-15-7-12(26(2)25-15)4-6-16(27)28/h3-9,17H,1-2H3,(H,23,24)(H,27,28). The van der Waals surface area contributed by atoms with Gasteiger partial charge < -0.3 is 9.84 Å². The van der Waals surface area contributed by atoms with E-state index >= 15 is 0 Å². The molecule has 0 amide bonds. The summed E-state index contributed by atoms with van der Waals surface area (Å²) in [5, 5.41) is 19.6. The molecule has 3 aromatic rings. The minimum atomic E-state index is -4.50. The van der Waals surface area contributed by atoms with Gasteiger partial charge in [0.1, 0.15) is 0 Å². The van der Waals surface area contributed by atoms with Gasteiger partial charge in [0.25, 0.3) is 0 Å². The molecule has 152 valence electrons. The first kappa shape index (κ1) is 20.1. The number of halogens is 3. The smallest absolute Gasteiger partial charge is 0.417 e. The third-order valence-corrected chi connectivity index (χ3v) is 4.06. The number of hydrogen-bond acceptors (Lipinski definition) is 5. The zero-order valence-corrected chi connectivity index (χ0v) is 15.3. The highest BCUT2D eigenvalue weighted by Gasteiger charge is 2.31. The number of pyridine rings is 1. The molecular weight excluding hydrogens is 391 g/mol. The van der Waals surface area contributed by atoms with Crippen LogP contribution < -0.4 is 4.74 Å².